The van der Waals surface area contributed by atoms with E-state index in [2.05, 4.69) is 0 Å². The van der Waals surface area contributed by atoms with Gasteiger partial charge in [-0.1, -0.05) is 6.07 Å². The third-order valence-electron chi connectivity index (χ3n) is 2.93. The van der Waals surface area contributed by atoms with Gasteiger partial charge in [-0.05, 0) is 31.0 Å². The summed E-state index contributed by atoms with van der Waals surface area (Å²) in [6, 6.07) is 5.89. The van der Waals surface area contributed by atoms with Gasteiger partial charge < -0.3 is 15.7 Å². The maximum absolute atomic E-state index is 12.1. The van der Waals surface area contributed by atoms with Crippen LogP contribution in [0.4, 0.5) is 5.69 Å². The zero-order valence-electron chi connectivity index (χ0n) is 9.30. The highest BCUT2D eigenvalue weighted by atomic mass is 16.4. The predicted molar refractivity (Wildman–Crippen MR) is 62.5 cm³/mol. The van der Waals surface area contributed by atoms with Crippen molar-refractivity contribution in [2.45, 2.75) is 18.9 Å². The minimum Gasteiger partial charge on any atom is -0.480 e. The Morgan fingerprint density at radius 1 is 1.41 bits per heavy atom. The van der Waals surface area contributed by atoms with Gasteiger partial charge in [0.25, 0.3) is 5.91 Å². The van der Waals surface area contributed by atoms with Gasteiger partial charge in [-0.3, -0.25) is 4.79 Å². The second-order valence-corrected chi connectivity index (χ2v) is 4.12. The van der Waals surface area contributed by atoms with Crippen molar-refractivity contribution in [3.8, 4) is 0 Å². The summed E-state index contributed by atoms with van der Waals surface area (Å²) < 4.78 is 0. The number of hydrogen-bond acceptors (Lipinski definition) is 3. The monoisotopic (exact) mass is 234 g/mol. The lowest BCUT2D eigenvalue weighted by Crippen LogP contribution is -2.40. The number of likely N-dealkylation sites (tertiary alicyclic amines) is 1. The Kier molecular flexibility index (Phi) is 2.99. The summed E-state index contributed by atoms with van der Waals surface area (Å²) in [7, 11) is 0. The molecule has 5 heteroatoms. The minimum atomic E-state index is -0.945. The van der Waals surface area contributed by atoms with Gasteiger partial charge in [0.05, 0.1) is 0 Å². The number of amides is 1. The summed E-state index contributed by atoms with van der Waals surface area (Å²) in [5.41, 5.74) is 6.55. The van der Waals surface area contributed by atoms with E-state index in [0.717, 1.165) is 6.42 Å². The van der Waals surface area contributed by atoms with Crippen molar-refractivity contribution in [2.24, 2.45) is 0 Å². The lowest BCUT2D eigenvalue weighted by molar-refractivity contribution is -0.141. The number of carbonyl (C=O) groups excluding carboxylic acids is 1. The molecule has 1 aliphatic rings. The number of carboxylic acids is 1. The fraction of sp³-hybridized carbons (Fsp3) is 0.333. The number of benzene rings is 1. The van der Waals surface area contributed by atoms with Crippen LogP contribution in [0.15, 0.2) is 24.3 Å². The highest BCUT2D eigenvalue weighted by Crippen LogP contribution is 2.21. The number of rotatable bonds is 2. The van der Waals surface area contributed by atoms with E-state index in [1.807, 2.05) is 0 Å². The molecule has 1 amide bonds. The van der Waals surface area contributed by atoms with Crippen molar-refractivity contribution >= 4 is 17.6 Å². The van der Waals surface area contributed by atoms with Crippen LogP contribution in [0.2, 0.25) is 0 Å². The molecule has 1 saturated heterocycles. The first-order valence-electron chi connectivity index (χ1n) is 5.49. The molecule has 1 aromatic carbocycles. The van der Waals surface area contributed by atoms with Gasteiger partial charge in [-0.2, -0.15) is 0 Å². The lowest BCUT2D eigenvalue weighted by Gasteiger charge is -2.21. The van der Waals surface area contributed by atoms with Gasteiger partial charge in [0.15, 0.2) is 0 Å². The molecule has 5 nitrogen and oxygen atoms in total. The Morgan fingerprint density at radius 2 is 2.18 bits per heavy atom. The molecule has 1 heterocycles. The zero-order valence-corrected chi connectivity index (χ0v) is 9.30. The number of anilines is 1. The molecule has 2 rings (SSSR count). The quantitative estimate of drug-likeness (QED) is 0.746. The number of carboxylic acid groups (broad SMARTS) is 1. The average Bonchev–Trinajstić information content (AvgIpc) is 2.77. The van der Waals surface area contributed by atoms with E-state index < -0.39 is 12.0 Å². The van der Waals surface area contributed by atoms with Gasteiger partial charge in [0.2, 0.25) is 0 Å². The first kappa shape index (κ1) is 11.4. The summed E-state index contributed by atoms with van der Waals surface area (Å²) in [6.45, 7) is 0.491. The van der Waals surface area contributed by atoms with Crippen molar-refractivity contribution < 1.29 is 14.7 Å². The summed E-state index contributed by atoms with van der Waals surface area (Å²) in [5, 5.41) is 9.02. The van der Waals surface area contributed by atoms with Crippen LogP contribution in [0.25, 0.3) is 0 Å². The summed E-state index contributed by atoms with van der Waals surface area (Å²) in [4.78, 5) is 24.5. The minimum absolute atomic E-state index is 0.262. The molecule has 0 bridgehead atoms. The summed E-state index contributed by atoms with van der Waals surface area (Å²) in [5.74, 6) is -1.21. The molecule has 0 saturated carbocycles. The number of nitrogen functional groups attached to an aromatic ring is 1. The van der Waals surface area contributed by atoms with Gasteiger partial charge in [0.1, 0.15) is 6.04 Å². The van der Waals surface area contributed by atoms with Crippen LogP contribution >= 0.6 is 0 Å². The SMILES string of the molecule is Nc1cccc(C(=O)N2CCC[C@H]2C(=O)O)c1. The van der Waals surface area contributed by atoms with Gasteiger partial charge in [-0.25, -0.2) is 4.79 Å². The smallest absolute Gasteiger partial charge is 0.326 e. The molecular formula is C12H14N2O3. The maximum Gasteiger partial charge on any atom is 0.326 e. The second kappa shape index (κ2) is 4.45. The molecule has 0 unspecified atom stereocenters. The zero-order chi connectivity index (χ0) is 12.4. The first-order valence-corrected chi connectivity index (χ1v) is 5.49. The standard InChI is InChI=1S/C12H14N2O3/c13-9-4-1-3-8(7-9)11(15)14-6-2-5-10(14)12(16)17/h1,3-4,7,10H,2,5-6,13H2,(H,16,17)/t10-/m0/s1. The fourth-order valence-corrected chi connectivity index (χ4v) is 2.10. The molecule has 0 spiro atoms. The van der Waals surface area contributed by atoms with Gasteiger partial charge >= 0.3 is 5.97 Å². The molecule has 0 aromatic heterocycles. The van der Waals surface area contributed by atoms with E-state index >= 15 is 0 Å². The third kappa shape index (κ3) is 2.22. The number of hydrogen-bond donors (Lipinski definition) is 2. The molecule has 1 atom stereocenters. The average molecular weight is 234 g/mol. The number of nitrogens with two attached hydrogens (primary N) is 1. The molecule has 90 valence electrons. The molecule has 1 fully saturated rings. The first-order chi connectivity index (χ1) is 8.09. The Bertz CT molecular complexity index is 459. The summed E-state index contributed by atoms with van der Waals surface area (Å²) in [6.07, 6.45) is 1.24. The second-order valence-electron chi connectivity index (χ2n) is 4.12. The van der Waals surface area contributed by atoms with Gasteiger partial charge in [-0.15, -0.1) is 0 Å². The van der Waals surface area contributed by atoms with E-state index in [1.165, 1.54) is 4.90 Å². The highest BCUT2D eigenvalue weighted by molar-refractivity contribution is 5.97. The highest BCUT2D eigenvalue weighted by Gasteiger charge is 2.34. The predicted octanol–water partition coefficient (Wildman–Crippen LogP) is 0.958. The van der Waals surface area contributed by atoms with E-state index in [1.54, 1.807) is 24.3 Å². The molecule has 3 N–H and O–H groups in total. The maximum atomic E-state index is 12.1. The molecule has 17 heavy (non-hydrogen) atoms. The number of aliphatic carboxylic acids is 1. The van der Waals surface area contributed by atoms with E-state index in [9.17, 15) is 9.59 Å². The van der Waals surface area contributed by atoms with Crippen LogP contribution in [0, 0.1) is 0 Å². The van der Waals surface area contributed by atoms with Crippen molar-refractivity contribution in [2.75, 3.05) is 12.3 Å². The van der Waals surface area contributed by atoms with Crippen LogP contribution < -0.4 is 5.73 Å². The van der Waals surface area contributed by atoms with Crippen molar-refractivity contribution in [3.63, 3.8) is 0 Å². The Morgan fingerprint density at radius 3 is 2.82 bits per heavy atom. The molecule has 0 radical (unpaired) electrons. The fourth-order valence-electron chi connectivity index (χ4n) is 2.10. The number of nitrogens with zero attached hydrogens (tertiary/aromatic N) is 1. The Balaban J connectivity index is 2.23. The van der Waals surface area contributed by atoms with E-state index in [4.69, 9.17) is 10.8 Å². The Hall–Kier alpha value is -2.04. The van der Waals surface area contributed by atoms with Crippen molar-refractivity contribution in [3.05, 3.63) is 29.8 Å². The molecular weight excluding hydrogens is 220 g/mol. The molecule has 0 aliphatic carbocycles. The van der Waals surface area contributed by atoms with Crippen molar-refractivity contribution in [1.29, 1.82) is 0 Å². The van der Waals surface area contributed by atoms with E-state index in [-0.39, 0.29) is 5.91 Å². The normalized spacial score (nSPS) is 19.3. The summed E-state index contributed by atoms with van der Waals surface area (Å²) >= 11 is 0. The number of carbonyl (C=O) groups is 2. The van der Waals surface area contributed by atoms with Crippen molar-refractivity contribution in [1.82, 2.24) is 4.90 Å². The van der Waals surface area contributed by atoms with Crippen LogP contribution in [0.5, 0.6) is 0 Å². The van der Waals surface area contributed by atoms with Crippen LogP contribution in [-0.4, -0.2) is 34.5 Å². The van der Waals surface area contributed by atoms with Crippen LogP contribution in [0.1, 0.15) is 23.2 Å². The third-order valence-corrected chi connectivity index (χ3v) is 2.93. The van der Waals surface area contributed by atoms with Gasteiger partial charge in [0, 0.05) is 17.8 Å². The lowest BCUT2D eigenvalue weighted by atomic mass is 10.1. The van der Waals surface area contributed by atoms with E-state index in [0.29, 0.717) is 24.2 Å². The topological polar surface area (TPSA) is 83.6 Å². The molecule has 1 aliphatic heterocycles. The van der Waals surface area contributed by atoms with Crippen LogP contribution in [-0.2, 0) is 4.79 Å². The Labute approximate surface area is 98.8 Å². The molecule has 1 aromatic rings. The van der Waals surface area contributed by atoms with Crippen LogP contribution in [0.3, 0.4) is 0 Å². The largest absolute Gasteiger partial charge is 0.480 e.